The van der Waals surface area contributed by atoms with Crippen LogP contribution < -0.4 is 0 Å². The fourth-order valence-electron chi connectivity index (χ4n) is 3.75. The summed E-state index contributed by atoms with van der Waals surface area (Å²) in [6, 6.07) is 0. The smallest absolute Gasteiger partial charge is 0.277 e. The number of carbonyl (C=O) groups is 1. The first kappa shape index (κ1) is 21.7. The van der Waals surface area contributed by atoms with Crippen LogP contribution in [0.3, 0.4) is 0 Å². The van der Waals surface area contributed by atoms with E-state index in [9.17, 15) is 65.5 Å². The van der Waals surface area contributed by atoms with Crippen molar-refractivity contribution in [3.05, 3.63) is 107 Å². The summed E-state index contributed by atoms with van der Waals surface area (Å²) >= 11 is 0. The normalized spacial score (nSPS) is 21.6. The molecule has 3 rings (SSSR count). The highest BCUT2D eigenvalue weighted by Gasteiger charge is 2.84. The van der Waals surface area contributed by atoms with Crippen molar-refractivity contribution < 1.29 is 34.3 Å². The second-order valence-electron chi connectivity index (χ2n) is 6.74. The van der Waals surface area contributed by atoms with E-state index in [0.717, 1.165) is 0 Å². The lowest BCUT2D eigenvalue weighted by atomic mass is 9.73. The van der Waals surface area contributed by atoms with Gasteiger partial charge in [0.1, 0.15) is 35.1 Å². The van der Waals surface area contributed by atoms with Gasteiger partial charge in [-0.2, -0.15) is 0 Å². The van der Waals surface area contributed by atoms with Gasteiger partial charge in [-0.05, 0) is 17.7 Å². The van der Waals surface area contributed by atoms with E-state index in [1.54, 1.807) is 0 Å². The summed E-state index contributed by atoms with van der Waals surface area (Å²) in [5.74, 6) is -1.95. The van der Waals surface area contributed by atoms with E-state index in [4.69, 9.17) is 0 Å². The molecule has 3 aliphatic rings. The van der Waals surface area contributed by atoms with Crippen LogP contribution >= 0.6 is 0 Å². The quantitative estimate of drug-likeness (QED) is 0.277. The molecule has 0 atom stereocenters. The number of rotatable bonds is 6. The van der Waals surface area contributed by atoms with Crippen LogP contribution in [0.4, 0.5) is 0 Å². The van der Waals surface area contributed by atoms with E-state index in [-0.39, 0.29) is 0 Å². The van der Waals surface area contributed by atoms with Gasteiger partial charge in [0.2, 0.25) is 6.42 Å². The third-order valence-electron chi connectivity index (χ3n) is 5.31. The van der Waals surface area contributed by atoms with Gasteiger partial charge in [-0.3, -0.25) is 65.5 Å². The van der Waals surface area contributed by atoms with Crippen LogP contribution in [-0.4, -0.2) is 52.3 Å². The molecule has 1 saturated carbocycles. The maximum absolute atomic E-state index is 12.8. The molecular formula is C13H6N6O13. The van der Waals surface area contributed by atoms with E-state index in [0.29, 0.717) is 24.3 Å². The molecule has 0 unspecified atom stereocenters. The molecule has 0 aromatic rings. The molecule has 0 aromatic heterocycles. The fraction of sp³-hybridized carbons (Fsp3) is 0.308. The number of nitrogens with zero attached hydrogens (tertiary/aromatic N) is 6. The summed E-state index contributed by atoms with van der Waals surface area (Å²) in [6.07, 6.45) is -0.432. The summed E-state index contributed by atoms with van der Waals surface area (Å²) < 4.78 is 0. The van der Waals surface area contributed by atoms with Gasteiger partial charge in [0.05, 0.1) is 17.7 Å². The first-order chi connectivity index (χ1) is 14.7. The predicted molar refractivity (Wildman–Crippen MR) is 92.1 cm³/mol. The predicted octanol–water partition coefficient (Wildman–Crippen LogP) is -0.559. The Morgan fingerprint density at radius 1 is 0.719 bits per heavy atom. The van der Waals surface area contributed by atoms with Gasteiger partial charge >= 0.3 is 22.8 Å². The van der Waals surface area contributed by atoms with Crippen LogP contribution in [0.2, 0.25) is 0 Å². The number of fused-ring (bicyclic) bond motifs is 2. The molecule has 3 aliphatic carbocycles. The Hall–Kier alpha value is -4.97. The second kappa shape index (κ2) is 6.26. The molecule has 0 bridgehead atoms. The van der Waals surface area contributed by atoms with Gasteiger partial charge in [-0.25, -0.2) is 0 Å². The van der Waals surface area contributed by atoms with E-state index in [2.05, 4.69) is 0 Å². The monoisotopic (exact) mass is 454 g/mol. The Labute approximate surface area is 171 Å². The Morgan fingerprint density at radius 3 is 1.59 bits per heavy atom. The zero-order chi connectivity index (χ0) is 24.4. The van der Waals surface area contributed by atoms with E-state index in [1.165, 1.54) is 0 Å². The lowest BCUT2D eigenvalue weighted by molar-refractivity contribution is -0.830. The SMILES string of the molecule is O=C1C2=CC3=CC([N+](=O)[O-])([N+](=O)[O-])C=CC3=C2C([N+](=O)[O-])([N+](=O)[O-])CC1([N+](=O)[O-])[N+](=O)[O-]. The first-order valence-corrected chi connectivity index (χ1v) is 8.01. The van der Waals surface area contributed by atoms with Crippen LogP contribution in [0.15, 0.2) is 46.6 Å². The molecule has 0 N–H and O–H groups in total. The van der Waals surface area contributed by atoms with Gasteiger partial charge in [0.25, 0.3) is 0 Å². The summed E-state index contributed by atoms with van der Waals surface area (Å²) in [5, 5.41) is 69.2. The number of Topliss-reactive ketones (excluding diaryl/α,β-unsaturated/α-hetero) is 1. The fourth-order valence-corrected chi connectivity index (χ4v) is 3.75. The van der Waals surface area contributed by atoms with Crippen LogP contribution in [0, 0.1) is 60.7 Å². The molecule has 1 fully saturated rings. The van der Waals surface area contributed by atoms with Gasteiger partial charge in [0, 0.05) is 5.57 Å². The summed E-state index contributed by atoms with van der Waals surface area (Å²) in [7, 11) is 0. The standard InChI is InChI=1S/C13H6N6O13/c20-10-8-3-6-4-11(14(21)22,15(23)24)2-1-7(6)9(8)12(16(25)26,17(27)28)5-13(10,18(29)30)19(31)32/h1-4H,5H2. The van der Waals surface area contributed by atoms with Gasteiger partial charge in [-0.1, -0.05) is 0 Å². The van der Waals surface area contributed by atoms with E-state index < -0.39 is 81.0 Å². The van der Waals surface area contributed by atoms with Crippen molar-refractivity contribution in [1.82, 2.24) is 0 Å². The van der Waals surface area contributed by atoms with Crippen molar-refractivity contribution in [1.29, 1.82) is 0 Å². The van der Waals surface area contributed by atoms with Crippen LogP contribution in [-0.2, 0) is 4.79 Å². The van der Waals surface area contributed by atoms with Gasteiger partial charge < -0.3 is 0 Å². The Bertz CT molecular complexity index is 1160. The highest BCUT2D eigenvalue weighted by atomic mass is 16.7. The summed E-state index contributed by atoms with van der Waals surface area (Å²) in [6.45, 7) is 0. The second-order valence-corrected chi connectivity index (χ2v) is 6.74. The Morgan fingerprint density at radius 2 is 1.19 bits per heavy atom. The molecule has 0 spiro atoms. The molecule has 19 heteroatoms. The zero-order valence-corrected chi connectivity index (χ0v) is 15.0. The molecule has 0 heterocycles. The average molecular weight is 454 g/mol. The van der Waals surface area contributed by atoms with E-state index in [1.807, 2.05) is 0 Å². The van der Waals surface area contributed by atoms with Crippen molar-refractivity contribution in [3.8, 4) is 0 Å². The number of nitro groups is 6. The van der Waals surface area contributed by atoms with Crippen LogP contribution in [0.1, 0.15) is 6.42 Å². The molecule has 0 amide bonds. The first-order valence-electron chi connectivity index (χ1n) is 8.01. The van der Waals surface area contributed by atoms with E-state index >= 15 is 0 Å². The maximum Gasteiger partial charge on any atom is 0.534 e. The minimum absolute atomic E-state index is 0.318. The maximum atomic E-state index is 12.8. The molecule has 0 aromatic carbocycles. The molecule has 0 radical (unpaired) electrons. The number of hydrogen-bond donors (Lipinski definition) is 0. The van der Waals surface area contributed by atoms with Crippen molar-refractivity contribution >= 4 is 5.78 Å². The highest BCUT2D eigenvalue weighted by molar-refractivity contribution is 6.08. The lowest BCUT2D eigenvalue weighted by Gasteiger charge is -2.28. The topological polar surface area (TPSA) is 276 Å². The van der Waals surface area contributed by atoms with Crippen molar-refractivity contribution in [2.24, 2.45) is 0 Å². The van der Waals surface area contributed by atoms with Crippen molar-refractivity contribution in [3.63, 3.8) is 0 Å². The number of hydrogen-bond acceptors (Lipinski definition) is 13. The zero-order valence-electron chi connectivity index (χ0n) is 15.0. The van der Waals surface area contributed by atoms with Crippen LogP contribution in [0.5, 0.6) is 0 Å². The van der Waals surface area contributed by atoms with Crippen molar-refractivity contribution in [2.45, 2.75) is 23.4 Å². The molecule has 0 saturated heterocycles. The molecular weight excluding hydrogens is 448 g/mol. The highest BCUT2D eigenvalue weighted by Crippen LogP contribution is 2.51. The van der Waals surface area contributed by atoms with Gasteiger partial charge in [-0.15, -0.1) is 0 Å². The van der Waals surface area contributed by atoms with Crippen molar-refractivity contribution in [2.75, 3.05) is 0 Å². The minimum Gasteiger partial charge on any atom is -0.277 e. The molecule has 0 aliphatic heterocycles. The minimum atomic E-state index is -4.02. The van der Waals surface area contributed by atoms with Gasteiger partial charge in [0.15, 0.2) is 0 Å². The molecule has 166 valence electrons. The molecule has 32 heavy (non-hydrogen) atoms. The number of carbonyl (C=O) groups excluding carboxylic acids is 1. The van der Waals surface area contributed by atoms with Crippen LogP contribution in [0.25, 0.3) is 0 Å². The Balaban J connectivity index is 2.47. The number of allylic oxidation sites excluding steroid dienone is 4. The Kier molecular flexibility index (Phi) is 4.25. The lowest BCUT2D eigenvalue weighted by Crippen LogP contribution is -2.66. The third kappa shape index (κ3) is 2.26. The largest absolute Gasteiger partial charge is 0.534 e. The average Bonchev–Trinajstić information content (AvgIpc) is 3.06. The summed E-state index contributed by atoms with van der Waals surface area (Å²) in [5.41, 5.74) is -14.5. The summed E-state index contributed by atoms with van der Waals surface area (Å²) in [4.78, 5) is 72.3. The molecule has 19 nitrogen and oxygen atoms in total. The number of ketones is 1. The third-order valence-corrected chi connectivity index (χ3v) is 5.31.